The van der Waals surface area contributed by atoms with E-state index in [9.17, 15) is 0 Å². The molecular formula is C14H21N5S. The van der Waals surface area contributed by atoms with Crippen LogP contribution in [-0.4, -0.2) is 9.97 Å². The third-order valence-corrected chi connectivity index (χ3v) is 4.24. The minimum absolute atomic E-state index is 0.682. The predicted octanol–water partition coefficient (Wildman–Crippen LogP) is 2.87. The van der Waals surface area contributed by atoms with Crippen molar-refractivity contribution in [2.24, 2.45) is 5.84 Å². The number of thiophene rings is 1. The number of hydrogen-bond donors (Lipinski definition) is 3. The maximum absolute atomic E-state index is 5.51. The molecule has 20 heavy (non-hydrogen) atoms. The van der Waals surface area contributed by atoms with E-state index < -0.39 is 0 Å². The van der Waals surface area contributed by atoms with Crippen molar-refractivity contribution < 1.29 is 0 Å². The lowest BCUT2D eigenvalue weighted by Gasteiger charge is -2.13. The zero-order valence-corrected chi connectivity index (χ0v) is 13.0. The van der Waals surface area contributed by atoms with Gasteiger partial charge >= 0.3 is 0 Å². The Balaban J connectivity index is 2.20. The Hall–Kier alpha value is -1.66. The van der Waals surface area contributed by atoms with Crippen molar-refractivity contribution in [1.29, 1.82) is 0 Å². The summed E-state index contributed by atoms with van der Waals surface area (Å²) in [4.78, 5) is 10.3. The average Bonchev–Trinajstić information content (AvgIpc) is 2.93. The van der Waals surface area contributed by atoms with Gasteiger partial charge in [0.05, 0.1) is 6.54 Å². The molecule has 2 rings (SSSR count). The normalized spacial score (nSPS) is 10.6. The molecule has 0 saturated heterocycles. The van der Waals surface area contributed by atoms with E-state index in [1.165, 1.54) is 10.4 Å². The van der Waals surface area contributed by atoms with E-state index in [1.54, 1.807) is 11.3 Å². The van der Waals surface area contributed by atoms with E-state index in [2.05, 4.69) is 39.1 Å². The SMILES string of the molecule is CCc1nc(NN)c(C)c(NCc2sccc2CC)n1. The molecule has 5 nitrogen and oxygen atoms in total. The molecule has 0 saturated carbocycles. The van der Waals surface area contributed by atoms with Crippen molar-refractivity contribution in [1.82, 2.24) is 9.97 Å². The van der Waals surface area contributed by atoms with Crippen LogP contribution in [0.15, 0.2) is 11.4 Å². The standard InChI is InChI=1S/C14H21N5S/c1-4-10-6-7-20-11(10)8-16-13-9(3)14(19-15)18-12(5-2)17-13/h6-7H,4-5,8,15H2,1-3H3,(H2,16,17,18,19). The van der Waals surface area contributed by atoms with Gasteiger partial charge in [0.25, 0.3) is 0 Å². The lowest BCUT2D eigenvalue weighted by atomic mass is 10.2. The molecule has 2 heterocycles. The smallest absolute Gasteiger partial charge is 0.148 e. The summed E-state index contributed by atoms with van der Waals surface area (Å²) in [7, 11) is 0. The molecule has 0 spiro atoms. The van der Waals surface area contributed by atoms with Gasteiger partial charge in [-0.2, -0.15) is 0 Å². The summed E-state index contributed by atoms with van der Waals surface area (Å²) in [6.07, 6.45) is 1.84. The van der Waals surface area contributed by atoms with Gasteiger partial charge < -0.3 is 10.7 Å². The Morgan fingerprint density at radius 2 is 1.95 bits per heavy atom. The van der Waals surface area contributed by atoms with Crippen LogP contribution in [-0.2, 0) is 19.4 Å². The van der Waals surface area contributed by atoms with E-state index >= 15 is 0 Å². The van der Waals surface area contributed by atoms with Gasteiger partial charge in [-0.1, -0.05) is 13.8 Å². The second kappa shape index (κ2) is 6.67. The minimum atomic E-state index is 0.682. The van der Waals surface area contributed by atoms with Crippen LogP contribution >= 0.6 is 11.3 Å². The molecule has 108 valence electrons. The van der Waals surface area contributed by atoms with Gasteiger partial charge in [-0.05, 0) is 30.4 Å². The number of hydrogen-bond acceptors (Lipinski definition) is 6. The van der Waals surface area contributed by atoms with Gasteiger partial charge in [0.15, 0.2) is 0 Å². The Morgan fingerprint density at radius 3 is 2.60 bits per heavy atom. The molecule has 6 heteroatoms. The number of nitrogens with zero attached hydrogens (tertiary/aromatic N) is 2. The van der Waals surface area contributed by atoms with E-state index in [0.717, 1.165) is 36.6 Å². The molecule has 0 unspecified atom stereocenters. The molecule has 0 aliphatic heterocycles. The van der Waals surface area contributed by atoms with Crippen molar-refractivity contribution in [3.05, 3.63) is 33.3 Å². The van der Waals surface area contributed by atoms with Gasteiger partial charge in [-0.25, -0.2) is 15.8 Å². The zero-order chi connectivity index (χ0) is 14.5. The van der Waals surface area contributed by atoms with E-state index in [1.807, 2.05) is 13.8 Å². The van der Waals surface area contributed by atoms with Crippen molar-refractivity contribution >= 4 is 23.0 Å². The Labute approximate surface area is 123 Å². The third-order valence-electron chi connectivity index (χ3n) is 3.28. The molecular weight excluding hydrogens is 270 g/mol. The maximum Gasteiger partial charge on any atom is 0.148 e. The van der Waals surface area contributed by atoms with Gasteiger partial charge in [-0.15, -0.1) is 11.3 Å². The van der Waals surface area contributed by atoms with Crippen LogP contribution in [0, 0.1) is 6.92 Å². The van der Waals surface area contributed by atoms with Gasteiger partial charge in [0, 0.05) is 16.9 Å². The lowest BCUT2D eigenvalue weighted by Crippen LogP contribution is -2.14. The van der Waals surface area contributed by atoms with E-state index in [-0.39, 0.29) is 0 Å². The number of hydrazine groups is 1. The first-order chi connectivity index (χ1) is 9.69. The highest BCUT2D eigenvalue weighted by molar-refractivity contribution is 7.10. The molecule has 0 aliphatic carbocycles. The number of nitrogens with two attached hydrogens (primary N) is 1. The fourth-order valence-corrected chi connectivity index (χ4v) is 2.95. The van der Waals surface area contributed by atoms with E-state index in [4.69, 9.17) is 5.84 Å². The van der Waals surface area contributed by atoms with Crippen molar-refractivity contribution in [2.75, 3.05) is 10.7 Å². The molecule has 0 radical (unpaired) electrons. The molecule has 2 aromatic rings. The van der Waals surface area contributed by atoms with Crippen LogP contribution in [0.3, 0.4) is 0 Å². The molecule has 0 aliphatic rings. The second-order valence-electron chi connectivity index (χ2n) is 4.54. The highest BCUT2D eigenvalue weighted by Crippen LogP contribution is 2.22. The predicted molar refractivity (Wildman–Crippen MR) is 85.0 cm³/mol. The Bertz CT molecular complexity index is 579. The Morgan fingerprint density at radius 1 is 1.20 bits per heavy atom. The average molecular weight is 291 g/mol. The van der Waals surface area contributed by atoms with Crippen LogP contribution in [0.1, 0.15) is 35.7 Å². The van der Waals surface area contributed by atoms with Gasteiger partial charge in [-0.3, -0.25) is 0 Å². The third kappa shape index (κ3) is 3.08. The first-order valence-corrected chi connectivity index (χ1v) is 7.70. The second-order valence-corrected chi connectivity index (χ2v) is 5.54. The number of aromatic nitrogens is 2. The summed E-state index contributed by atoms with van der Waals surface area (Å²) >= 11 is 1.77. The number of nitrogens with one attached hydrogen (secondary N) is 2. The topological polar surface area (TPSA) is 75.9 Å². The number of nitrogen functional groups attached to an aromatic ring is 1. The quantitative estimate of drug-likeness (QED) is 0.563. The fraction of sp³-hybridized carbons (Fsp3) is 0.429. The first kappa shape index (κ1) is 14.7. The molecule has 2 aromatic heterocycles. The molecule has 0 atom stereocenters. The van der Waals surface area contributed by atoms with Crippen LogP contribution < -0.4 is 16.6 Å². The summed E-state index contributed by atoms with van der Waals surface area (Å²) < 4.78 is 0. The molecule has 0 amide bonds. The summed E-state index contributed by atoms with van der Waals surface area (Å²) in [6, 6.07) is 2.18. The van der Waals surface area contributed by atoms with Crippen molar-refractivity contribution in [2.45, 2.75) is 40.2 Å². The summed E-state index contributed by atoms with van der Waals surface area (Å²) in [6.45, 7) is 6.95. The molecule has 4 N–H and O–H groups in total. The van der Waals surface area contributed by atoms with Crippen LogP contribution in [0.5, 0.6) is 0 Å². The first-order valence-electron chi connectivity index (χ1n) is 6.82. The molecule has 0 fully saturated rings. The zero-order valence-electron chi connectivity index (χ0n) is 12.2. The van der Waals surface area contributed by atoms with E-state index in [0.29, 0.717) is 5.82 Å². The summed E-state index contributed by atoms with van der Waals surface area (Å²) in [5.41, 5.74) is 4.97. The lowest BCUT2D eigenvalue weighted by molar-refractivity contribution is 0.921. The maximum atomic E-state index is 5.51. The molecule has 0 bridgehead atoms. The summed E-state index contributed by atoms with van der Waals surface area (Å²) in [5.74, 6) is 7.83. The summed E-state index contributed by atoms with van der Waals surface area (Å²) in [5, 5.41) is 5.54. The highest BCUT2D eigenvalue weighted by Gasteiger charge is 2.10. The minimum Gasteiger partial charge on any atom is -0.365 e. The Kier molecular flexibility index (Phi) is 4.92. The van der Waals surface area contributed by atoms with Gasteiger partial charge in [0.1, 0.15) is 17.5 Å². The molecule has 0 aromatic carbocycles. The van der Waals surface area contributed by atoms with Crippen LogP contribution in [0.25, 0.3) is 0 Å². The number of rotatable bonds is 6. The van der Waals surface area contributed by atoms with Crippen LogP contribution in [0.2, 0.25) is 0 Å². The van der Waals surface area contributed by atoms with Gasteiger partial charge in [0.2, 0.25) is 0 Å². The monoisotopic (exact) mass is 291 g/mol. The highest BCUT2D eigenvalue weighted by atomic mass is 32.1. The number of aryl methyl sites for hydroxylation is 2. The fourth-order valence-electron chi connectivity index (χ4n) is 2.03. The largest absolute Gasteiger partial charge is 0.365 e. The van der Waals surface area contributed by atoms with Crippen LogP contribution in [0.4, 0.5) is 11.6 Å². The number of anilines is 2. The van der Waals surface area contributed by atoms with Crippen molar-refractivity contribution in [3.63, 3.8) is 0 Å². The van der Waals surface area contributed by atoms with Crippen molar-refractivity contribution in [3.8, 4) is 0 Å².